The number of nitrogens with one attached hydrogen (secondary N) is 1. The van der Waals surface area contributed by atoms with Crippen molar-refractivity contribution in [1.29, 1.82) is 0 Å². The summed E-state index contributed by atoms with van der Waals surface area (Å²) in [4.78, 5) is 24.9. The van der Waals surface area contributed by atoms with E-state index >= 15 is 0 Å². The molecule has 21 heavy (non-hydrogen) atoms. The van der Waals surface area contributed by atoms with Gasteiger partial charge in [-0.1, -0.05) is 28.1 Å². The number of alkyl halides is 3. The second kappa shape index (κ2) is 5.40. The fourth-order valence-corrected chi connectivity index (χ4v) is 2.03. The van der Waals surface area contributed by atoms with Crippen LogP contribution in [0.1, 0.15) is 0 Å². The highest BCUT2D eigenvalue weighted by Crippen LogP contribution is 2.27. The van der Waals surface area contributed by atoms with Crippen LogP contribution in [-0.4, -0.2) is 20.8 Å². The monoisotopic (exact) mass is 364 g/mol. The van der Waals surface area contributed by atoms with Gasteiger partial charge >= 0.3 is 11.9 Å². The zero-order valence-electron chi connectivity index (χ0n) is 10.2. The number of halogens is 4. The van der Waals surface area contributed by atoms with E-state index in [1.165, 1.54) is 12.1 Å². The van der Waals surface area contributed by atoms with E-state index in [0.29, 0.717) is 4.47 Å². The van der Waals surface area contributed by atoms with Gasteiger partial charge < -0.3 is 5.11 Å². The van der Waals surface area contributed by atoms with Crippen molar-refractivity contribution < 1.29 is 18.3 Å². The third kappa shape index (κ3) is 3.35. The standard InChI is InChI=1S/C12H8BrF3N2O3/c13-7-3-1-6(2-4-7)8-9(19)17-11(21)18(10(8)20)5-12(14,15)16/h1-4,20H,5H2,(H,17,19,21). The molecule has 0 bridgehead atoms. The first kappa shape index (κ1) is 15.4. The van der Waals surface area contributed by atoms with Gasteiger partial charge in [-0.15, -0.1) is 0 Å². The Bertz CT molecular complexity index is 778. The molecule has 0 unspecified atom stereocenters. The molecule has 0 aliphatic carbocycles. The third-order valence-corrected chi connectivity index (χ3v) is 3.17. The van der Waals surface area contributed by atoms with Crippen molar-refractivity contribution in [1.82, 2.24) is 9.55 Å². The van der Waals surface area contributed by atoms with Crippen LogP contribution in [0.25, 0.3) is 11.1 Å². The van der Waals surface area contributed by atoms with Gasteiger partial charge in [0.25, 0.3) is 5.56 Å². The number of aromatic hydroxyl groups is 1. The average Bonchev–Trinajstić information content (AvgIpc) is 2.35. The van der Waals surface area contributed by atoms with Crippen LogP contribution in [0.4, 0.5) is 13.2 Å². The van der Waals surface area contributed by atoms with Gasteiger partial charge in [-0.3, -0.25) is 14.3 Å². The van der Waals surface area contributed by atoms with Crippen LogP contribution in [0.2, 0.25) is 0 Å². The van der Waals surface area contributed by atoms with Crippen molar-refractivity contribution in [3.05, 3.63) is 49.6 Å². The van der Waals surface area contributed by atoms with E-state index in [-0.39, 0.29) is 10.1 Å². The molecule has 9 heteroatoms. The molecule has 2 rings (SSSR count). The molecule has 5 nitrogen and oxygen atoms in total. The Morgan fingerprint density at radius 2 is 1.76 bits per heavy atom. The summed E-state index contributed by atoms with van der Waals surface area (Å²) in [5.74, 6) is -1.02. The van der Waals surface area contributed by atoms with Crippen LogP contribution in [0.3, 0.4) is 0 Å². The Morgan fingerprint density at radius 1 is 1.19 bits per heavy atom. The Labute approximate surface area is 123 Å². The van der Waals surface area contributed by atoms with Crippen LogP contribution in [-0.2, 0) is 6.54 Å². The molecule has 2 aromatic rings. The van der Waals surface area contributed by atoms with Crippen LogP contribution < -0.4 is 11.2 Å². The summed E-state index contributed by atoms with van der Waals surface area (Å²) in [6.45, 7) is -1.70. The molecule has 1 aromatic carbocycles. The van der Waals surface area contributed by atoms with Gasteiger partial charge in [-0.25, -0.2) is 4.79 Å². The molecule has 0 aliphatic heterocycles. The van der Waals surface area contributed by atoms with E-state index in [9.17, 15) is 27.9 Å². The van der Waals surface area contributed by atoms with Crippen LogP contribution >= 0.6 is 15.9 Å². The van der Waals surface area contributed by atoms with E-state index in [1.807, 2.05) is 0 Å². The summed E-state index contributed by atoms with van der Waals surface area (Å²) in [6.07, 6.45) is -4.71. The second-order valence-corrected chi connectivity index (χ2v) is 5.08. The van der Waals surface area contributed by atoms with Crippen molar-refractivity contribution in [2.24, 2.45) is 0 Å². The number of aromatic amines is 1. The lowest BCUT2D eigenvalue weighted by Crippen LogP contribution is -2.34. The van der Waals surface area contributed by atoms with Gasteiger partial charge in [-0.05, 0) is 17.7 Å². The largest absolute Gasteiger partial charge is 0.494 e. The molecule has 0 fully saturated rings. The molecule has 1 heterocycles. The lowest BCUT2D eigenvalue weighted by molar-refractivity contribution is -0.142. The molecular weight excluding hydrogens is 357 g/mol. The molecule has 0 saturated heterocycles. The second-order valence-electron chi connectivity index (χ2n) is 4.17. The van der Waals surface area contributed by atoms with Gasteiger partial charge in [-0.2, -0.15) is 13.2 Å². The number of benzene rings is 1. The Morgan fingerprint density at radius 3 is 2.29 bits per heavy atom. The molecule has 0 radical (unpaired) electrons. The fourth-order valence-electron chi connectivity index (χ4n) is 1.76. The highest BCUT2D eigenvalue weighted by Gasteiger charge is 2.31. The summed E-state index contributed by atoms with van der Waals surface area (Å²) >= 11 is 3.17. The number of hydrogen-bond acceptors (Lipinski definition) is 3. The van der Waals surface area contributed by atoms with E-state index in [4.69, 9.17) is 0 Å². The first-order chi connectivity index (χ1) is 9.69. The Kier molecular flexibility index (Phi) is 3.95. The van der Waals surface area contributed by atoms with Crippen molar-refractivity contribution in [2.45, 2.75) is 12.7 Å². The first-order valence-electron chi connectivity index (χ1n) is 5.58. The smallest absolute Gasteiger partial charge is 0.406 e. The molecule has 0 spiro atoms. The predicted molar refractivity (Wildman–Crippen MR) is 72.2 cm³/mol. The minimum atomic E-state index is -4.71. The molecule has 2 N–H and O–H groups in total. The number of H-pyrrole nitrogens is 1. The van der Waals surface area contributed by atoms with Crippen LogP contribution in [0, 0.1) is 0 Å². The van der Waals surface area contributed by atoms with E-state index in [1.54, 1.807) is 17.1 Å². The van der Waals surface area contributed by atoms with Crippen molar-refractivity contribution >= 4 is 15.9 Å². The van der Waals surface area contributed by atoms with Gasteiger partial charge in [0.1, 0.15) is 12.1 Å². The summed E-state index contributed by atoms with van der Waals surface area (Å²) in [6, 6.07) is 5.95. The molecular formula is C12H8BrF3N2O3. The number of nitrogens with zero attached hydrogens (tertiary/aromatic N) is 1. The molecule has 0 amide bonds. The minimum Gasteiger partial charge on any atom is -0.494 e. The van der Waals surface area contributed by atoms with Gasteiger partial charge in [0.15, 0.2) is 0 Å². The quantitative estimate of drug-likeness (QED) is 0.857. The van der Waals surface area contributed by atoms with Gasteiger partial charge in [0, 0.05) is 4.47 Å². The maximum atomic E-state index is 12.4. The number of rotatable bonds is 2. The fraction of sp³-hybridized carbons (Fsp3) is 0.167. The maximum absolute atomic E-state index is 12.4. The van der Waals surface area contributed by atoms with Gasteiger partial charge in [0.2, 0.25) is 5.88 Å². The van der Waals surface area contributed by atoms with Crippen LogP contribution in [0.15, 0.2) is 38.3 Å². The maximum Gasteiger partial charge on any atom is 0.406 e. The van der Waals surface area contributed by atoms with E-state index in [0.717, 1.165) is 0 Å². The van der Waals surface area contributed by atoms with Crippen molar-refractivity contribution in [2.75, 3.05) is 0 Å². The van der Waals surface area contributed by atoms with Crippen molar-refractivity contribution in [3.8, 4) is 17.0 Å². The minimum absolute atomic E-state index is 0.0682. The number of aromatic nitrogens is 2. The average molecular weight is 365 g/mol. The third-order valence-electron chi connectivity index (χ3n) is 2.64. The first-order valence-corrected chi connectivity index (χ1v) is 6.37. The summed E-state index contributed by atoms with van der Waals surface area (Å²) in [5, 5.41) is 9.87. The lowest BCUT2D eigenvalue weighted by atomic mass is 10.1. The van der Waals surface area contributed by atoms with E-state index < -0.39 is 35.4 Å². The van der Waals surface area contributed by atoms with Gasteiger partial charge in [0.05, 0.1) is 0 Å². The normalized spacial score (nSPS) is 11.6. The molecule has 0 atom stereocenters. The van der Waals surface area contributed by atoms with Crippen LogP contribution in [0.5, 0.6) is 5.88 Å². The Balaban J connectivity index is 2.67. The zero-order valence-corrected chi connectivity index (χ0v) is 11.8. The van der Waals surface area contributed by atoms with E-state index in [2.05, 4.69) is 15.9 Å². The SMILES string of the molecule is O=c1[nH]c(=O)n(CC(F)(F)F)c(O)c1-c1ccc(Br)cc1. The lowest BCUT2D eigenvalue weighted by Gasteiger charge is -2.13. The van der Waals surface area contributed by atoms with Crippen molar-refractivity contribution in [3.63, 3.8) is 0 Å². The summed E-state index contributed by atoms with van der Waals surface area (Å²) in [5.41, 5.74) is -2.49. The topological polar surface area (TPSA) is 75.1 Å². The highest BCUT2D eigenvalue weighted by molar-refractivity contribution is 9.10. The molecule has 0 aliphatic rings. The molecule has 1 aromatic heterocycles. The summed E-state index contributed by atoms with van der Waals surface area (Å²) in [7, 11) is 0. The highest BCUT2D eigenvalue weighted by atomic mass is 79.9. The molecule has 0 saturated carbocycles. The predicted octanol–water partition coefficient (Wildman–Crippen LogP) is 2.23. The Hall–Kier alpha value is -2.03. The summed E-state index contributed by atoms with van der Waals surface area (Å²) < 4.78 is 38.0. The number of hydrogen-bond donors (Lipinski definition) is 2. The zero-order chi connectivity index (χ0) is 15.8. The molecule has 112 valence electrons.